The third kappa shape index (κ3) is 38.0. The van der Waals surface area contributed by atoms with Crippen LogP contribution in [0.4, 0.5) is 0 Å². The first-order valence-corrected chi connectivity index (χ1v) is 22.1. The molecule has 0 heterocycles. The van der Waals surface area contributed by atoms with Crippen molar-refractivity contribution in [3.05, 3.63) is 0 Å². The molecule has 0 spiro atoms. The highest BCUT2D eigenvalue weighted by atomic mass is 16.6. The van der Waals surface area contributed by atoms with Crippen LogP contribution in [-0.2, 0) is 28.6 Å². The zero-order valence-electron chi connectivity index (χ0n) is 34.9. The molecule has 0 aliphatic rings. The SMILES string of the molecule is CCC(C)CCCCCCCCCCC(=O)OC[C@@H](COC(=O)CCCCCCCCCCCC(C)C)OC(=O)CCCCCCCCC(C)C. The Kier molecular flexibility index (Phi) is 35.6. The zero-order chi connectivity index (χ0) is 37.8. The van der Waals surface area contributed by atoms with E-state index in [2.05, 4.69) is 41.5 Å². The Morgan fingerprint density at radius 3 is 1.02 bits per heavy atom. The molecule has 0 fully saturated rings. The van der Waals surface area contributed by atoms with E-state index in [4.69, 9.17) is 14.2 Å². The summed E-state index contributed by atoms with van der Waals surface area (Å²) < 4.78 is 16.7. The van der Waals surface area contributed by atoms with Crippen LogP contribution >= 0.6 is 0 Å². The van der Waals surface area contributed by atoms with Crippen molar-refractivity contribution < 1.29 is 28.6 Å². The molecule has 0 amide bonds. The van der Waals surface area contributed by atoms with Crippen molar-refractivity contribution in [3.8, 4) is 0 Å². The van der Waals surface area contributed by atoms with Crippen molar-refractivity contribution in [1.29, 1.82) is 0 Å². The average Bonchev–Trinajstić information content (AvgIpc) is 3.09. The lowest BCUT2D eigenvalue weighted by Gasteiger charge is -2.18. The predicted molar refractivity (Wildman–Crippen MR) is 215 cm³/mol. The first kappa shape index (κ1) is 49.4. The lowest BCUT2D eigenvalue weighted by molar-refractivity contribution is -0.167. The summed E-state index contributed by atoms with van der Waals surface area (Å²) >= 11 is 0. The van der Waals surface area contributed by atoms with Crippen LogP contribution in [0, 0.1) is 17.8 Å². The summed E-state index contributed by atoms with van der Waals surface area (Å²) in [7, 11) is 0. The van der Waals surface area contributed by atoms with Crippen molar-refractivity contribution in [2.24, 2.45) is 17.8 Å². The van der Waals surface area contributed by atoms with Gasteiger partial charge in [-0.25, -0.2) is 0 Å². The minimum atomic E-state index is -0.762. The molecule has 0 bridgehead atoms. The Morgan fingerprint density at radius 1 is 0.392 bits per heavy atom. The molecule has 0 aromatic heterocycles. The maximum Gasteiger partial charge on any atom is 0.306 e. The van der Waals surface area contributed by atoms with Gasteiger partial charge in [-0.05, 0) is 37.0 Å². The number of carbonyl (C=O) groups is 3. The number of hydrogen-bond donors (Lipinski definition) is 0. The second-order valence-electron chi connectivity index (χ2n) is 16.5. The molecular formula is C45H86O6. The Morgan fingerprint density at radius 2 is 0.686 bits per heavy atom. The summed E-state index contributed by atoms with van der Waals surface area (Å²) in [6.07, 6.45) is 32.4. The fraction of sp³-hybridized carbons (Fsp3) is 0.933. The Labute approximate surface area is 317 Å². The van der Waals surface area contributed by atoms with Crippen molar-refractivity contribution in [1.82, 2.24) is 0 Å². The monoisotopic (exact) mass is 723 g/mol. The van der Waals surface area contributed by atoms with Gasteiger partial charge in [0.2, 0.25) is 0 Å². The summed E-state index contributed by atoms with van der Waals surface area (Å²) in [6.45, 7) is 13.6. The van der Waals surface area contributed by atoms with Crippen LogP contribution in [0.3, 0.4) is 0 Å². The lowest BCUT2D eigenvalue weighted by atomic mass is 9.99. The number of ether oxygens (including phenoxy) is 3. The van der Waals surface area contributed by atoms with Crippen LogP contribution in [0.2, 0.25) is 0 Å². The molecule has 0 aromatic rings. The standard InChI is InChI=1S/C45H86O6/c1-7-41(6)33-27-21-14-11-12-16-23-29-35-44(47)50-38-42(51-45(48)36-30-24-18-17-20-26-32-40(4)5)37-49-43(46)34-28-22-15-10-8-9-13-19-25-31-39(2)3/h39-42H,7-38H2,1-6H3/t41?,42-/m1/s1. The second kappa shape index (κ2) is 36.8. The molecule has 0 radical (unpaired) electrons. The van der Waals surface area contributed by atoms with Gasteiger partial charge in [0.15, 0.2) is 6.10 Å². The summed E-state index contributed by atoms with van der Waals surface area (Å²) in [5.41, 5.74) is 0. The number of unbranched alkanes of at least 4 members (excludes halogenated alkanes) is 20. The van der Waals surface area contributed by atoms with Gasteiger partial charge in [0.05, 0.1) is 0 Å². The summed E-state index contributed by atoms with van der Waals surface area (Å²) in [4.78, 5) is 37.6. The summed E-state index contributed by atoms with van der Waals surface area (Å²) in [5, 5.41) is 0. The third-order valence-corrected chi connectivity index (χ3v) is 10.3. The number of rotatable bonds is 38. The molecule has 0 saturated heterocycles. The quantitative estimate of drug-likeness (QED) is 0.0359. The number of carbonyl (C=O) groups excluding carboxylic acids is 3. The van der Waals surface area contributed by atoms with Crippen LogP contribution in [0.15, 0.2) is 0 Å². The van der Waals surface area contributed by atoms with Gasteiger partial charge in [-0.1, -0.05) is 196 Å². The van der Waals surface area contributed by atoms with E-state index in [9.17, 15) is 14.4 Å². The molecule has 6 nitrogen and oxygen atoms in total. The Bertz CT molecular complexity index is 794. The third-order valence-electron chi connectivity index (χ3n) is 10.3. The molecule has 0 saturated carbocycles. The van der Waals surface area contributed by atoms with E-state index in [1.54, 1.807) is 0 Å². The molecule has 51 heavy (non-hydrogen) atoms. The van der Waals surface area contributed by atoms with Crippen molar-refractivity contribution in [2.75, 3.05) is 13.2 Å². The maximum absolute atomic E-state index is 12.6. The highest BCUT2D eigenvalue weighted by molar-refractivity contribution is 5.71. The lowest BCUT2D eigenvalue weighted by Crippen LogP contribution is -2.30. The summed E-state index contributed by atoms with van der Waals surface area (Å²) in [6, 6.07) is 0. The molecule has 1 unspecified atom stereocenters. The van der Waals surface area contributed by atoms with E-state index in [-0.39, 0.29) is 31.1 Å². The van der Waals surface area contributed by atoms with E-state index in [1.165, 1.54) is 116 Å². The topological polar surface area (TPSA) is 78.9 Å². The van der Waals surface area contributed by atoms with Gasteiger partial charge in [0, 0.05) is 19.3 Å². The minimum Gasteiger partial charge on any atom is -0.462 e. The zero-order valence-corrected chi connectivity index (χ0v) is 34.9. The van der Waals surface area contributed by atoms with E-state index in [0.717, 1.165) is 75.5 Å². The van der Waals surface area contributed by atoms with Crippen molar-refractivity contribution in [3.63, 3.8) is 0 Å². The van der Waals surface area contributed by atoms with Gasteiger partial charge in [-0.15, -0.1) is 0 Å². The Hall–Kier alpha value is -1.59. The van der Waals surface area contributed by atoms with Crippen LogP contribution in [0.5, 0.6) is 0 Å². The molecule has 0 aliphatic heterocycles. The molecule has 0 aromatic carbocycles. The van der Waals surface area contributed by atoms with Gasteiger partial charge < -0.3 is 14.2 Å². The predicted octanol–water partition coefficient (Wildman–Crippen LogP) is 13.7. The van der Waals surface area contributed by atoms with E-state index >= 15 is 0 Å². The van der Waals surface area contributed by atoms with E-state index in [1.807, 2.05) is 0 Å². The van der Waals surface area contributed by atoms with Gasteiger partial charge in [0.25, 0.3) is 0 Å². The van der Waals surface area contributed by atoms with Crippen LogP contribution in [0.25, 0.3) is 0 Å². The first-order valence-electron chi connectivity index (χ1n) is 22.1. The van der Waals surface area contributed by atoms with Crippen LogP contribution in [-0.4, -0.2) is 37.2 Å². The molecule has 0 aliphatic carbocycles. The van der Waals surface area contributed by atoms with Gasteiger partial charge in [-0.3, -0.25) is 14.4 Å². The number of esters is 3. The second-order valence-corrected chi connectivity index (χ2v) is 16.5. The van der Waals surface area contributed by atoms with Crippen LogP contribution in [0.1, 0.15) is 234 Å². The van der Waals surface area contributed by atoms with E-state index in [0.29, 0.717) is 19.3 Å². The van der Waals surface area contributed by atoms with Crippen molar-refractivity contribution >= 4 is 17.9 Å². The Balaban J connectivity index is 4.34. The maximum atomic E-state index is 12.6. The minimum absolute atomic E-state index is 0.0676. The highest BCUT2D eigenvalue weighted by Gasteiger charge is 2.19. The van der Waals surface area contributed by atoms with E-state index < -0.39 is 6.10 Å². The van der Waals surface area contributed by atoms with Gasteiger partial charge in [0.1, 0.15) is 13.2 Å². The molecule has 302 valence electrons. The average molecular weight is 723 g/mol. The smallest absolute Gasteiger partial charge is 0.306 e. The normalized spacial score (nSPS) is 12.7. The fourth-order valence-corrected chi connectivity index (χ4v) is 6.49. The highest BCUT2D eigenvalue weighted by Crippen LogP contribution is 2.17. The molecule has 0 rings (SSSR count). The number of hydrogen-bond acceptors (Lipinski definition) is 6. The van der Waals surface area contributed by atoms with Crippen LogP contribution < -0.4 is 0 Å². The largest absolute Gasteiger partial charge is 0.462 e. The van der Waals surface area contributed by atoms with Gasteiger partial charge >= 0.3 is 17.9 Å². The molecular weight excluding hydrogens is 636 g/mol. The van der Waals surface area contributed by atoms with Gasteiger partial charge in [-0.2, -0.15) is 0 Å². The molecule has 6 heteroatoms. The molecule has 2 atom stereocenters. The summed E-state index contributed by atoms with van der Waals surface area (Å²) in [5.74, 6) is 1.54. The first-order chi connectivity index (χ1) is 24.6. The fourth-order valence-electron chi connectivity index (χ4n) is 6.49. The molecule has 0 N–H and O–H groups in total. The van der Waals surface area contributed by atoms with Crippen molar-refractivity contribution in [2.45, 2.75) is 240 Å².